The van der Waals surface area contributed by atoms with Crippen molar-refractivity contribution in [2.75, 3.05) is 26.4 Å². The van der Waals surface area contributed by atoms with Gasteiger partial charge in [-0.25, -0.2) is 9.59 Å². The molecule has 0 aliphatic carbocycles. The van der Waals surface area contributed by atoms with Crippen molar-refractivity contribution in [3.05, 3.63) is 84.4 Å². The molecule has 0 saturated carbocycles. The molecule has 17 atom stereocenters. The number of carbonyl (C=O) groups is 7. The Morgan fingerprint density at radius 3 is 1.72 bits per heavy atom. The number of ether oxygens (including phenoxy) is 17. The molecule has 76 heavy (non-hydrogen) atoms. The van der Waals surface area contributed by atoms with Gasteiger partial charge in [0, 0.05) is 34.6 Å². The van der Waals surface area contributed by atoms with Crippen LogP contribution in [0.15, 0.2) is 73.3 Å². The zero-order valence-electron chi connectivity index (χ0n) is 43.4. The van der Waals surface area contributed by atoms with E-state index in [-0.39, 0.29) is 17.7 Å². The summed E-state index contributed by atoms with van der Waals surface area (Å²) in [4.78, 5) is 91.8. The van der Waals surface area contributed by atoms with Crippen molar-refractivity contribution in [1.29, 1.82) is 0 Å². The molecule has 0 unspecified atom stereocenters. The molecule has 7 rings (SSSR count). The summed E-state index contributed by atoms with van der Waals surface area (Å²) in [6.07, 6.45) is -20.4. The third kappa shape index (κ3) is 14.0. The quantitative estimate of drug-likeness (QED) is 0.111. The number of benzene rings is 2. The minimum absolute atomic E-state index is 0.0349. The molecule has 0 N–H and O–H groups in total. The first-order valence-corrected chi connectivity index (χ1v) is 24.5. The Hall–Kier alpha value is -5.93. The monoisotopic (exact) mass is 1070 g/mol. The third-order valence-corrected chi connectivity index (χ3v) is 12.5. The minimum atomic E-state index is -1.99. The Bertz CT molecular complexity index is 2380. The van der Waals surface area contributed by atoms with Gasteiger partial charge < -0.3 is 80.5 Å². The molecule has 0 amide bonds. The fourth-order valence-electron chi connectivity index (χ4n) is 9.41. The standard InChI is InChI=1S/C52H64O24/c1-11-22-60-47-43(40-37(27(3)64-47)75-51(9,10)76-40)73-49-42(67-30(6)55)39(66-29(5)54)36(26(2)65-49)71-48-41(70-46(59)34-20-16-13-17-21-34)38(35(23-61-48)69-45(58)33-18-14-12-15-19-33)72-50-44(68-31(7)56)52(25-63-50,74-32(8)57)24-62-28(4)53/h11-21,26-27,35-44,47-50H,1,22-25H2,2-10H3/t26-,27+,35+,36-,37-,38-,39+,40-,41+,42+,43+,44-,47-,48-,49-,50-,52+/m0/s1. The van der Waals surface area contributed by atoms with E-state index in [1.807, 2.05) is 0 Å². The first-order valence-electron chi connectivity index (χ1n) is 24.5. The maximum atomic E-state index is 14.3. The van der Waals surface area contributed by atoms with E-state index in [2.05, 4.69) is 6.58 Å². The van der Waals surface area contributed by atoms with Gasteiger partial charge in [0.1, 0.15) is 37.1 Å². The fraction of sp³-hybridized carbons (Fsp3) is 0.596. The van der Waals surface area contributed by atoms with Crippen LogP contribution in [-0.4, -0.2) is 178 Å². The van der Waals surface area contributed by atoms with E-state index in [4.69, 9.17) is 80.5 Å². The zero-order valence-corrected chi connectivity index (χ0v) is 43.4. The fourth-order valence-corrected chi connectivity index (χ4v) is 9.41. The smallest absolute Gasteiger partial charge is 0.338 e. The molecule has 0 bridgehead atoms. The molecule has 416 valence electrons. The first-order chi connectivity index (χ1) is 36.1. The van der Waals surface area contributed by atoms with E-state index in [9.17, 15) is 33.6 Å². The average Bonchev–Trinajstić information content (AvgIpc) is 3.87. The van der Waals surface area contributed by atoms with Crippen LogP contribution in [0.4, 0.5) is 0 Å². The van der Waals surface area contributed by atoms with Crippen LogP contribution >= 0.6 is 0 Å². The van der Waals surface area contributed by atoms with Crippen molar-refractivity contribution in [2.45, 2.75) is 172 Å². The van der Waals surface area contributed by atoms with Gasteiger partial charge in [-0.2, -0.15) is 0 Å². The van der Waals surface area contributed by atoms with Crippen LogP contribution in [0.1, 0.15) is 83.0 Å². The number of hydrogen-bond donors (Lipinski definition) is 0. The van der Waals surface area contributed by atoms with Crippen molar-refractivity contribution in [2.24, 2.45) is 0 Å². The van der Waals surface area contributed by atoms with Crippen LogP contribution in [0.25, 0.3) is 0 Å². The molecular formula is C52H64O24. The van der Waals surface area contributed by atoms with E-state index < -0.39 is 171 Å². The molecule has 5 aliphatic rings. The number of hydrogen-bond acceptors (Lipinski definition) is 24. The molecule has 5 fully saturated rings. The molecule has 0 spiro atoms. The summed E-state index contributed by atoms with van der Waals surface area (Å²) in [6.45, 7) is 14.2. The van der Waals surface area contributed by atoms with Gasteiger partial charge >= 0.3 is 41.8 Å². The SMILES string of the molecule is C=CCO[C@H]1O[C@H](C)[C@@H]2OC(C)(C)O[C@@H]2[C@H]1O[C@@H]1O[C@@H](C)[C@H](O[C@@H]2OC[C@@H](OC(=O)c3ccccc3)[C@H](O[C@@H]3OC[C@@](COC(C)=O)(OC(C)=O)[C@H]3OC(C)=O)[C@H]2OC(=O)c2ccccc2)[C@@H](OC(C)=O)[C@H]1OC(C)=O. The van der Waals surface area contributed by atoms with Crippen molar-refractivity contribution >= 4 is 41.8 Å². The van der Waals surface area contributed by atoms with Crippen LogP contribution in [0.2, 0.25) is 0 Å². The molecule has 0 radical (unpaired) electrons. The summed E-state index contributed by atoms with van der Waals surface area (Å²) in [5, 5.41) is 0. The van der Waals surface area contributed by atoms with Crippen LogP contribution in [-0.2, 0) is 104 Å². The summed E-state index contributed by atoms with van der Waals surface area (Å²) in [5.41, 5.74) is -1.85. The van der Waals surface area contributed by atoms with Crippen LogP contribution in [0.3, 0.4) is 0 Å². The highest BCUT2D eigenvalue weighted by atomic mass is 16.8. The van der Waals surface area contributed by atoms with Crippen LogP contribution < -0.4 is 0 Å². The molecule has 24 heteroatoms. The number of fused-ring (bicyclic) bond motifs is 1. The normalized spacial score (nSPS) is 34.6. The zero-order chi connectivity index (χ0) is 55.1. The van der Waals surface area contributed by atoms with E-state index >= 15 is 0 Å². The average molecular weight is 1070 g/mol. The molecule has 24 nitrogen and oxygen atoms in total. The first kappa shape index (κ1) is 57.8. The summed E-state index contributed by atoms with van der Waals surface area (Å²) < 4.78 is 104. The van der Waals surface area contributed by atoms with E-state index in [1.54, 1.807) is 57.2 Å². The van der Waals surface area contributed by atoms with Gasteiger partial charge in [0.05, 0.1) is 43.2 Å². The lowest BCUT2D eigenvalue weighted by Crippen LogP contribution is -2.66. The highest BCUT2D eigenvalue weighted by Gasteiger charge is 2.62. The summed E-state index contributed by atoms with van der Waals surface area (Å²) >= 11 is 0. The highest BCUT2D eigenvalue weighted by Crippen LogP contribution is 2.42. The Labute approximate surface area is 437 Å². The van der Waals surface area contributed by atoms with Gasteiger partial charge in [-0.05, 0) is 52.0 Å². The number of rotatable bonds is 19. The summed E-state index contributed by atoms with van der Waals surface area (Å²) in [7, 11) is 0. The lowest BCUT2D eigenvalue weighted by atomic mass is 9.96. The predicted molar refractivity (Wildman–Crippen MR) is 252 cm³/mol. The Balaban J connectivity index is 1.28. The van der Waals surface area contributed by atoms with Crippen LogP contribution in [0.5, 0.6) is 0 Å². The maximum absolute atomic E-state index is 14.3. The van der Waals surface area contributed by atoms with Crippen LogP contribution in [0, 0.1) is 0 Å². The molecular weight excluding hydrogens is 1010 g/mol. The number of carbonyl (C=O) groups excluding carboxylic acids is 7. The van der Waals surface area contributed by atoms with E-state index in [0.29, 0.717) is 0 Å². The van der Waals surface area contributed by atoms with Gasteiger partial charge in [-0.3, -0.25) is 24.0 Å². The second-order valence-corrected chi connectivity index (χ2v) is 19.0. The van der Waals surface area contributed by atoms with E-state index in [1.165, 1.54) is 37.3 Å². The van der Waals surface area contributed by atoms with Crippen molar-refractivity contribution < 1.29 is 114 Å². The Morgan fingerprint density at radius 2 is 1.13 bits per heavy atom. The predicted octanol–water partition coefficient (Wildman–Crippen LogP) is 3.18. The molecule has 2 aromatic carbocycles. The molecule has 0 aromatic heterocycles. The molecule has 2 aromatic rings. The van der Waals surface area contributed by atoms with Crippen molar-refractivity contribution in [1.82, 2.24) is 0 Å². The molecule has 5 saturated heterocycles. The van der Waals surface area contributed by atoms with Gasteiger partial charge in [-0.1, -0.05) is 42.5 Å². The lowest BCUT2D eigenvalue weighted by Gasteiger charge is -2.49. The topological polar surface area (TPSA) is 276 Å². The Morgan fingerprint density at radius 1 is 0.579 bits per heavy atom. The van der Waals surface area contributed by atoms with E-state index in [0.717, 1.165) is 34.6 Å². The lowest BCUT2D eigenvalue weighted by molar-refractivity contribution is -0.373. The van der Waals surface area contributed by atoms with Gasteiger partial charge in [0.25, 0.3) is 0 Å². The third-order valence-electron chi connectivity index (χ3n) is 12.5. The molecule has 5 heterocycles. The van der Waals surface area contributed by atoms with Crippen molar-refractivity contribution in [3.8, 4) is 0 Å². The summed E-state index contributed by atoms with van der Waals surface area (Å²) in [5.74, 6) is -7.18. The summed E-state index contributed by atoms with van der Waals surface area (Å²) in [6, 6.07) is 15.6. The van der Waals surface area contributed by atoms with Crippen molar-refractivity contribution in [3.63, 3.8) is 0 Å². The molecule has 5 aliphatic heterocycles. The second-order valence-electron chi connectivity index (χ2n) is 19.0. The Kier molecular flexibility index (Phi) is 19.0. The second kappa shape index (κ2) is 25.0. The highest BCUT2D eigenvalue weighted by molar-refractivity contribution is 5.90. The number of esters is 7. The minimum Gasteiger partial charge on any atom is -0.461 e. The largest absolute Gasteiger partial charge is 0.461 e. The van der Waals surface area contributed by atoms with Gasteiger partial charge in [0.2, 0.25) is 5.60 Å². The van der Waals surface area contributed by atoms with Gasteiger partial charge in [-0.15, -0.1) is 6.58 Å². The van der Waals surface area contributed by atoms with Gasteiger partial charge in [0.15, 0.2) is 61.5 Å². The maximum Gasteiger partial charge on any atom is 0.338 e.